The van der Waals surface area contributed by atoms with Gasteiger partial charge >= 0.3 is 0 Å². The average Bonchev–Trinajstić information content (AvgIpc) is 4.01. The molecule has 13 rings (SSSR count). The lowest BCUT2D eigenvalue weighted by Crippen LogP contribution is -2.26. The van der Waals surface area contributed by atoms with Crippen LogP contribution in [-0.2, 0) is 5.41 Å². The molecule has 0 N–H and O–H groups in total. The highest BCUT2D eigenvalue weighted by Gasteiger charge is 2.52. The number of hydrogen-bond acceptors (Lipinski definition) is 2. The molecule has 0 atom stereocenters. The van der Waals surface area contributed by atoms with Crippen molar-refractivity contribution in [2.75, 3.05) is 4.90 Å². The minimum atomic E-state index is -0.427. The lowest BCUT2D eigenvalue weighted by atomic mass is 9.70. The topological polar surface area (TPSA) is 21.3 Å². The third-order valence-electron chi connectivity index (χ3n) is 12.8. The van der Waals surface area contributed by atoms with Crippen LogP contribution in [-0.4, -0.2) is 4.57 Å². The van der Waals surface area contributed by atoms with Gasteiger partial charge < -0.3 is 13.9 Å². The van der Waals surface area contributed by atoms with Crippen molar-refractivity contribution >= 4 is 60.8 Å². The normalized spacial score (nSPS) is 13.3. The van der Waals surface area contributed by atoms with E-state index >= 15 is 0 Å². The van der Waals surface area contributed by atoms with Crippen molar-refractivity contribution in [1.29, 1.82) is 0 Å². The molecule has 0 saturated carbocycles. The quantitative estimate of drug-likeness (QED) is 0.179. The number of anilines is 3. The van der Waals surface area contributed by atoms with Gasteiger partial charge in [0.05, 0.1) is 33.2 Å². The molecule has 0 unspecified atom stereocenters. The average molecular weight is 739 g/mol. The zero-order chi connectivity index (χ0) is 38.0. The van der Waals surface area contributed by atoms with Crippen molar-refractivity contribution in [2.24, 2.45) is 0 Å². The Morgan fingerprint density at radius 3 is 1.67 bits per heavy atom. The lowest BCUT2D eigenvalue weighted by molar-refractivity contribution is 0.669. The zero-order valence-corrected chi connectivity index (χ0v) is 31.4. The molecule has 0 bridgehead atoms. The number of aromatic nitrogens is 1. The van der Waals surface area contributed by atoms with Crippen LogP contribution in [0.1, 0.15) is 22.3 Å². The Bertz CT molecular complexity index is 3380. The SMILES string of the molecule is c1ccc(N(c2ccc3c(c2)oc2cccc(-n4c5ccccc5c5ccccc54)c23)c2cccc3c2-c2ccccc2C32c3ccccc3-c3ccccc32)cc1. The van der Waals surface area contributed by atoms with E-state index in [1.165, 1.54) is 66.3 Å². The van der Waals surface area contributed by atoms with Gasteiger partial charge in [0.2, 0.25) is 0 Å². The molecule has 0 aliphatic heterocycles. The molecular formula is C55H34N2O. The van der Waals surface area contributed by atoms with Gasteiger partial charge in [-0.1, -0.05) is 146 Å². The largest absolute Gasteiger partial charge is 0.456 e. The summed E-state index contributed by atoms with van der Waals surface area (Å²) >= 11 is 0. The van der Waals surface area contributed by atoms with Crippen LogP contribution in [0.4, 0.5) is 17.1 Å². The number of rotatable bonds is 4. The molecule has 3 nitrogen and oxygen atoms in total. The summed E-state index contributed by atoms with van der Waals surface area (Å²) in [7, 11) is 0. The predicted molar refractivity (Wildman–Crippen MR) is 239 cm³/mol. The van der Waals surface area contributed by atoms with Crippen LogP contribution in [0.3, 0.4) is 0 Å². The molecule has 9 aromatic carbocycles. The Balaban J connectivity index is 1.06. The molecule has 0 amide bonds. The summed E-state index contributed by atoms with van der Waals surface area (Å²) in [4.78, 5) is 2.42. The summed E-state index contributed by atoms with van der Waals surface area (Å²) < 4.78 is 9.24. The number of furan rings is 1. The van der Waals surface area contributed by atoms with E-state index in [9.17, 15) is 0 Å². The maximum absolute atomic E-state index is 6.84. The van der Waals surface area contributed by atoms with Crippen LogP contribution >= 0.6 is 0 Å². The minimum Gasteiger partial charge on any atom is -0.456 e. The Hall–Kier alpha value is -7.62. The lowest BCUT2D eigenvalue weighted by Gasteiger charge is -2.31. The van der Waals surface area contributed by atoms with E-state index in [0.717, 1.165) is 44.7 Å². The Morgan fingerprint density at radius 2 is 0.966 bits per heavy atom. The van der Waals surface area contributed by atoms with E-state index in [4.69, 9.17) is 4.42 Å². The maximum Gasteiger partial charge on any atom is 0.137 e. The van der Waals surface area contributed by atoms with Crippen molar-refractivity contribution < 1.29 is 4.42 Å². The van der Waals surface area contributed by atoms with Gasteiger partial charge in [-0.3, -0.25) is 0 Å². The second-order valence-corrected chi connectivity index (χ2v) is 15.6. The van der Waals surface area contributed by atoms with Crippen molar-refractivity contribution in [1.82, 2.24) is 4.57 Å². The van der Waals surface area contributed by atoms with E-state index in [-0.39, 0.29) is 0 Å². The second kappa shape index (κ2) is 11.7. The van der Waals surface area contributed by atoms with Gasteiger partial charge in [0.15, 0.2) is 0 Å². The Labute approximate surface area is 335 Å². The fourth-order valence-corrected chi connectivity index (χ4v) is 10.6. The van der Waals surface area contributed by atoms with Crippen molar-refractivity contribution in [3.8, 4) is 27.9 Å². The number of nitrogens with zero attached hydrogens (tertiary/aromatic N) is 2. The summed E-state index contributed by atoms with van der Waals surface area (Å²) in [6.07, 6.45) is 0. The first-order valence-electron chi connectivity index (χ1n) is 20.0. The van der Waals surface area contributed by atoms with Gasteiger partial charge in [0, 0.05) is 39.2 Å². The molecule has 2 heterocycles. The van der Waals surface area contributed by atoms with E-state index < -0.39 is 5.41 Å². The van der Waals surface area contributed by atoms with Gasteiger partial charge in [0.1, 0.15) is 11.2 Å². The molecule has 0 saturated heterocycles. The summed E-state index contributed by atoms with van der Waals surface area (Å²) in [5.74, 6) is 0. The van der Waals surface area contributed by atoms with Gasteiger partial charge in [-0.25, -0.2) is 0 Å². The van der Waals surface area contributed by atoms with Gasteiger partial charge in [-0.05, 0) is 93.5 Å². The number of fused-ring (bicyclic) bond motifs is 16. The molecular weight excluding hydrogens is 705 g/mol. The smallest absolute Gasteiger partial charge is 0.137 e. The third kappa shape index (κ3) is 4.02. The highest BCUT2D eigenvalue weighted by atomic mass is 16.3. The first kappa shape index (κ1) is 31.6. The van der Waals surface area contributed by atoms with Crippen LogP contribution in [0.15, 0.2) is 211 Å². The molecule has 1 spiro atoms. The van der Waals surface area contributed by atoms with Crippen molar-refractivity contribution in [3.05, 3.63) is 229 Å². The predicted octanol–water partition coefficient (Wildman–Crippen LogP) is 14.5. The highest BCUT2D eigenvalue weighted by Crippen LogP contribution is 2.64. The molecule has 2 aliphatic carbocycles. The molecule has 2 aliphatic rings. The summed E-state index contributed by atoms with van der Waals surface area (Å²) in [6, 6.07) is 75.3. The molecule has 58 heavy (non-hydrogen) atoms. The summed E-state index contributed by atoms with van der Waals surface area (Å²) in [5, 5.41) is 4.68. The summed E-state index contributed by atoms with van der Waals surface area (Å²) in [5.41, 5.74) is 18.5. The van der Waals surface area contributed by atoms with Crippen molar-refractivity contribution in [2.45, 2.75) is 5.41 Å². The van der Waals surface area contributed by atoms with Crippen molar-refractivity contribution in [3.63, 3.8) is 0 Å². The molecule has 2 aromatic heterocycles. The standard InChI is InChI=1S/C55H34N2O/c1-2-16-35(17-3-1)56(49-29-14-26-46-53(49)41-22-6-11-25-45(41)55(46)43-23-9-4-18-37(43)38-19-5-10-24-44(38)55)36-32-33-42-52(34-36)58-51-31-15-30-50(54(42)51)57-47-27-12-7-20-39(47)40-21-8-13-28-48(40)57/h1-34H. The number of para-hydroxylation sites is 3. The first-order valence-corrected chi connectivity index (χ1v) is 20.0. The molecule has 11 aromatic rings. The number of hydrogen-bond donors (Lipinski definition) is 0. The Kier molecular flexibility index (Phi) is 6.37. The second-order valence-electron chi connectivity index (χ2n) is 15.6. The Morgan fingerprint density at radius 1 is 0.397 bits per heavy atom. The fraction of sp³-hybridized carbons (Fsp3) is 0.0182. The van der Waals surface area contributed by atoms with Crippen LogP contribution in [0.25, 0.3) is 71.7 Å². The first-order chi connectivity index (χ1) is 28.8. The summed E-state index contributed by atoms with van der Waals surface area (Å²) in [6.45, 7) is 0. The molecule has 3 heteroatoms. The van der Waals surface area contributed by atoms with Gasteiger partial charge in [0.25, 0.3) is 0 Å². The zero-order valence-electron chi connectivity index (χ0n) is 31.4. The minimum absolute atomic E-state index is 0.427. The third-order valence-corrected chi connectivity index (χ3v) is 12.8. The van der Waals surface area contributed by atoms with Crippen LogP contribution < -0.4 is 4.90 Å². The fourth-order valence-electron chi connectivity index (χ4n) is 10.6. The molecule has 0 radical (unpaired) electrons. The monoisotopic (exact) mass is 738 g/mol. The van der Waals surface area contributed by atoms with E-state index in [1.54, 1.807) is 0 Å². The van der Waals surface area contributed by atoms with E-state index in [0.29, 0.717) is 0 Å². The maximum atomic E-state index is 6.84. The highest BCUT2D eigenvalue weighted by molar-refractivity contribution is 6.15. The number of benzene rings is 9. The van der Waals surface area contributed by atoms with Gasteiger partial charge in [-0.15, -0.1) is 0 Å². The van der Waals surface area contributed by atoms with Crippen LogP contribution in [0.5, 0.6) is 0 Å². The van der Waals surface area contributed by atoms with E-state index in [2.05, 4.69) is 216 Å². The van der Waals surface area contributed by atoms with Crippen LogP contribution in [0, 0.1) is 0 Å². The van der Waals surface area contributed by atoms with Gasteiger partial charge in [-0.2, -0.15) is 0 Å². The molecule has 0 fully saturated rings. The van der Waals surface area contributed by atoms with Crippen LogP contribution in [0.2, 0.25) is 0 Å². The molecule has 270 valence electrons. The van der Waals surface area contributed by atoms with E-state index in [1.807, 2.05) is 0 Å².